The topological polar surface area (TPSA) is 95.7 Å². The maximum atomic E-state index is 13.5. The lowest BCUT2D eigenvalue weighted by Gasteiger charge is -2.31. The number of rotatable bonds is 5. The van der Waals surface area contributed by atoms with Crippen molar-refractivity contribution in [1.29, 1.82) is 0 Å². The van der Waals surface area contributed by atoms with Crippen molar-refractivity contribution in [2.24, 2.45) is 5.92 Å². The Hall–Kier alpha value is -2.92. The molecule has 3 heterocycles. The molecule has 32 heavy (non-hydrogen) atoms. The van der Waals surface area contributed by atoms with Crippen molar-refractivity contribution >= 4 is 35.1 Å². The van der Waals surface area contributed by atoms with Crippen molar-refractivity contribution in [2.75, 3.05) is 16.3 Å². The van der Waals surface area contributed by atoms with Gasteiger partial charge in [0.15, 0.2) is 5.65 Å². The molecule has 4 rings (SSSR count). The van der Waals surface area contributed by atoms with E-state index in [4.69, 9.17) is 11.8 Å². The van der Waals surface area contributed by atoms with Crippen LogP contribution in [0.25, 0.3) is 5.65 Å². The van der Waals surface area contributed by atoms with Gasteiger partial charge in [0, 0.05) is 42.7 Å². The zero-order chi connectivity index (χ0) is 22.9. The van der Waals surface area contributed by atoms with Gasteiger partial charge in [-0.3, -0.25) is 9.78 Å². The molecule has 0 saturated heterocycles. The number of carbonyl (C=O) groups is 1. The number of nitrogens with zero attached hydrogens (tertiary/aromatic N) is 5. The Labute approximate surface area is 186 Å². The first-order valence-corrected chi connectivity index (χ1v) is 10.4. The third kappa shape index (κ3) is 4.49. The van der Waals surface area contributed by atoms with E-state index in [2.05, 4.69) is 20.4 Å². The molecular weight excluding hydrogens is 449 g/mol. The van der Waals surface area contributed by atoms with E-state index < -0.39 is 17.6 Å². The molecule has 1 aliphatic rings. The molecule has 1 fully saturated rings. The minimum absolute atomic E-state index is 0.0535. The van der Waals surface area contributed by atoms with E-state index in [1.165, 1.54) is 23.0 Å². The third-order valence-corrected chi connectivity index (χ3v) is 5.80. The summed E-state index contributed by atoms with van der Waals surface area (Å²) < 4.78 is 42.3. The zero-order valence-corrected chi connectivity index (χ0v) is 17.5. The number of aliphatic hydroxyl groups excluding tert-OH is 1. The Morgan fingerprint density at radius 2 is 2.09 bits per heavy atom. The molecule has 0 spiro atoms. The molecule has 0 aliphatic heterocycles. The second kappa shape index (κ2) is 8.91. The van der Waals surface area contributed by atoms with Crippen molar-refractivity contribution in [3.05, 3.63) is 47.8 Å². The molecule has 3 aromatic rings. The summed E-state index contributed by atoms with van der Waals surface area (Å²) >= 11 is 6.12. The monoisotopic (exact) mass is 468 g/mol. The number of halogens is 4. The van der Waals surface area contributed by atoms with Crippen LogP contribution in [0.1, 0.15) is 41.6 Å². The summed E-state index contributed by atoms with van der Waals surface area (Å²) in [5.41, 5.74) is -0.871. The van der Waals surface area contributed by atoms with E-state index in [-0.39, 0.29) is 41.5 Å². The Balaban J connectivity index is 1.73. The summed E-state index contributed by atoms with van der Waals surface area (Å²) in [4.78, 5) is 20.5. The van der Waals surface area contributed by atoms with Crippen LogP contribution in [0.3, 0.4) is 0 Å². The highest BCUT2D eigenvalue weighted by atomic mass is 35.5. The molecule has 1 saturated carbocycles. The van der Waals surface area contributed by atoms with Crippen molar-refractivity contribution in [1.82, 2.24) is 19.6 Å². The number of alkyl halides is 3. The van der Waals surface area contributed by atoms with Crippen LogP contribution in [0.15, 0.2) is 36.7 Å². The maximum absolute atomic E-state index is 13.5. The Kier molecular flexibility index (Phi) is 6.20. The first-order chi connectivity index (χ1) is 15.3. The average Bonchev–Trinajstić information content (AvgIpc) is 3.23. The van der Waals surface area contributed by atoms with Gasteiger partial charge in [0.05, 0.1) is 11.1 Å². The van der Waals surface area contributed by atoms with Gasteiger partial charge in [-0.25, -0.2) is 0 Å². The number of hydrogen-bond donors (Lipinski definition) is 2. The van der Waals surface area contributed by atoms with Gasteiger partial charge in [0.1, 0.15) is 5.82 Å². The molecule has 1 aliphatic carbocycles. The van der Waals surface area contributed by atoms with Crippen LogP contribution in [-0.4, -0.2) is 43.2 Å². The summed E-state index contributed by atoms with van der Waals surface area (Å²) in [6.45, 7) is -0.0720. The van der Waals surface area contributed by atoms with Crippen LogP contribution >= 0.6 is 11.8 Å². The summed E-state index contributed by atoms with van der Waals surface area (Å²) in [5.74, 6) is -0.982. The molecule has 170 valence electrons. The number of hydrogen-bond acceptors (Lipinski definition) is 6. The highest BCUT2D eigenvalue weighted by Crippen LogP contribution is 2.34. The largest absolute Gasteiger partial charge is 0.416 e. The van der Waals surface area contributed by atoms with Gasteiger partial charge < -0.3 is 10.4 Å². The molecular formula is C20H20ClF3N6O2. The Bertz CT molecular complexity index is 1110. The molecule has 0 unspecified atom stereocenters. The summed E-state index contributed by atoms with van der Waals surface area (Å²) in [5, 5.41) is 16.9. The zero-order valence-electron chi connectivity index (χ0n) is 16.8. The number of pyridine rings is 2. The lowest BCUT2D eigenvalue weighted by molar-refractivity contribution is -0.137. The minimum atomic E-state index is -4.61. The smallest absolute Gasteiger partial charge is 0.396 e. The van der Waals surface area contributed by atoms with Crippen molar-refractivity contribution < 1.29 is 23.1 Å². The van der Waals surface area contributed by atoms with E-state index in [9.17, 15) is 23.1 Å². The van der Waals surface area contributed by atoms with Crippen molar-refractivity contribution in [3.63, 3.8) is 0 Å². The first-order valence-electron chi connectivity index (χ1n) is 10.0. The number of anilines is 2. The second-order valence-electron chi connectivity index (χ2n) is 7.61. The number of aromatic nitrogens is 4. The van der Waals surface area contributed by atoms with Gasteiger partial charge in [0.25, 0.3) is 11.9 Å². The highest BCUT2D eigenvalue weighted by Gasteiger charge is 2.34. The highest BCUT2D eigenvalue weighted by molar-refractivity contribution is 6.38. The van der Waals surface area contributed by atoms with Crippen LogP contribution in [0.2, 0.25) is 0 Å². The number of nitrogens with one attached hydrogen (secondary N) is 1. The molecule has 12 heteroatoms. The predicted octanol–water partition coefficient (Wildman–Crippen LogP) is 3.91. The fraction of sp³-hybridized carbons (Fsp3) is 0.400. The number of aliphatic hydroxyl groups is 1. The van der Waals surface area contributed by atoms with Gasteiger partial charge in [-0.1, -0.05) is 12.8 Å². The van der Waals surface area contributed by atoms with Crippen LogP contribution in [0.5, 0.6) is 0 Å². The second-order valence-corrected chi connectivity index (χ2v) is 7.95. The average molecular weight is 469 g/mol. The van der Waals surface area contributed by atoms with E-state index >= 15 is 0 Å². The fourth-order valence-corrected chi connectivity index (χ4v) is 3.99. The van der Waals surface area contributed by atoms with Gasteiger partial charge in [-0.2, -0.15) is 27.1 Å². The van der Waals surface area contributed by atoms with Crippen LogP contribution in [0, 0.1) is 5.92 Å². The summed E-state index contributed by atoms with van der Waals surface area (Å²) in [6.07, 6.45) is 1.50. The predicted molar refractivity (Wildman–Crippen MR) is 111 cm³/mol. The molecule has 2 N–H and O–H groups in total. The summed E-state index contributed by atoms with van der Waals surface area (Å²) in [6, 6.07) is 4.60. The van der Waals surface area contributed by atoms with E-state index in [0.29, 0.717) is 10.8 Å². The van der Waals surface area contributed by atoms with Gasteiger partial charge in [-0.15, -0.1) is 5.10 Å². The SMILES string of the molecule is O=C(c1cccnc1)N(Cl)c1nc2cc(C(F)(F)F)cc(N[C@@H]3CCCC[C@@H]3CO)n2n1. The minimum Gasteiger partial charge on any atom is -0.396 e. The molecule has 0 aromatic carbocycles. The number of carbonyl (C=O) groups excluding carboxylic acids is 1. The van der Waals surface area contributed by atoms with Crippen LogP contribution in [0.4, 0.5) is 24.9 Å². The van der Waals surface area contributed by atoms with Crippen molar-refractivity contribution in [2.45, 2.75) is 37.9 Å². The quantitative estimate of drug-likeness (QED) is 0.551. The van der Waals surface area contributed by atoms with E-state index in [0.717, 1.165) is 31.4 Å². The van der Waals surface area contributed by atoms with E-state index in [1.54, 1.807) is 6.07 Å². The van der Waals surface area contributed by atoms with E-state index in [1.807, 2.05) is 0 Å². The molecule has 0 radical (unpaired) electrons. The summed E-state index contributed by atoms with van der Waals surface area (Å²) in [7, 11) is 0. The Morgan fingerprint density at radius 1 is 1.31 bits per heavy atom. The molecule has 3 aromatic heterocycles. The third-order valence-electron chi connectivity index (χ3n) is 5.49. The molecule has 0 bridgehead atoms. The lowest BCUT2D eigenvalue weighted by Crippen LogP contribution is -2.35. The fourth-order valence-electron chi connectivity index (χ4n) is 3.82. The molecule has 2 atom stereocenters. The Morgan fingerprint density at radius 3 is 2.78 bits per heavy atom. The standard InChI is InChI=1S/C20H20ClF3N6O2/c21-29(18(32)12-5-3-7-25-10-12)19-27-17-9-14(20(22,23)24)8-16(30(17)28-19)26-15-6-2-1-4-13(15)11-31/h3,5,7-10,13,15,26,31H,1-2,4,6,11H2/t13-,15-/m1/s1. The maximum Gasteiger partial charge on any atom is 0.416 e. The normalized spacial score (nSPS) is 19.2. The van der Waals surface area contributed by atoms with Gasteiger partial charge in [0.2, 0.25) is 0 Å². The first kappa shape index (κ1) is 22.3. The van der Waals surface area contributed by atoms with Crippen molar-refractivity contribution in [3.8, 4) is 0 Å². The van der Waals surface area contributed by atoms with Gasteiger partial charge >= 0.3 is 6.18 Å². The molecule has 8 nitrogen and oxygen atoms in total. The lowest BCUT2D eigenvalue weighted by atomic mass is 9.85. The molecule has 1 amide bonds. The van der Waals surface area contributed by atoms with Crippen LogP contribution in [-0.2, 0) is 6.18 Å². The van der Waals surface area contributed by atoms with Crippen LogP contribution < -0.4 is 9.74 Å². The van der Waals surface area contributed by atoms with Gasteiger partial charge in [-0.05, 0) is 37.1 Å². The number of fused-ring (bicyclic) bond motifs is 1. The number of amides is 1.